The second-order valence-electron chi connectivity index (χ2n) is 4.61. The molecule has 1 heterocycles. The van der Waals surface area contributed by atoms with E-state index in [4.69, 9.17) is 9.15 Å². The van der Waals surface area contributed by atoms with Crippen LogP contribution in [0.4, 0.5) is 0 Å². The zero-order valence-corrected chi connectivity index (χ0v) is 11.3. The predicted molar refractivity (Wildman–Crippen MR) is 79.2 cm³/mol. The van der Waals surface area contributed by atoms with Gasteiger partial charge in [-0.1, -0.05) is 30.3 Å². The molecule has 3 rings (SSSR count). The smallest absolute Gasteiger partial charge is 0.344 e. The van der Waals surface area contributed by atoms with Crippen molar-refractivity contribution >= 4 is 16.7 Å². The molecule has 0 saturated carbocycles. The number of hydrogen-bond acceptors (Lipinski definition) is 4. The van der Waals surface area contributed by atoms with Crippen molar-refractivity contribution in [2.75, 3.05) is 0 Å². The zero-order valence-electron chi connectivity index (χ0n) is 11.3. The van der Waals surface area contributed by atoms with Crippen molar-refractivity contribution in [3.8, 4) is 17.1 Å². The summed E-state index contributed by atoms with van der Waals surface area (Å²) in [5, 5.41) is 1.35. The van der Waals surface area contributed by atoms with Gasteiger partial charge in [-0.05, 0) is 29.7 Å². The van der Waals surface area contributed by atoms with E-state index in [2.05, 4.69) is 0 Å². The number of ether oxygens (including phenoxy) is 1. The molecule has 4 heteroatoms. The molecule has 0 N–H and O–H groups in total. The molecule has 0 unspecified atom stereocenters. The lowest BCUT2D eigenvalue weighted by Crippen LogP contribution is -2.02. The molecular formula is C17H12O4. The zero-order chi connectivity index (χ0) is 14.8. The summed E-state index contributed by atoms with van der Waals surface area (Å²) in [5.74, 6) is 0.454. The minimum absolute atomic E-state index is 0.388. The Labute approximate surface area is 120 Å². The molecule has 21 heavy (non-hydrogen) atoms. The molecule has 4 nitrogen and oxygen atoms in total. The lowest BCUT2D eigenvalue weighted by Gasteiger charge is -2.05. The second kappa shape index (κ2) is 5.25. The van der Waals surface area contributed by atoms with Crippen LogP contribution in [0, 0.1) is 0 Å². The summed E-state index contributed by atoms with van der Waals surface area (Å²) in [6.07, 6.45) is 0. The first-order valence-corrected chi connectivity index (χ1v) is 6.45. The van der Waals surface area contributed by atoms with Crippen molar-refractivity contribution in [3.05, 3.63) is 65.0 Å². The van der Waals surface area contributed by atoms with E-state index in [1.807, 2.05) is 12.1 Å². The Kier molecular flexibility index (Phi) is 3.28. The molecule has 0 amide bonds. The lowest BCUT2D eigenvalue weighted by atomic mass is 10.1. The minimum Gasteiger partial charge on any atom is -0.427 e. The average Bonchev–Trinajstić information content (AvgIpc) is 2.47. The standard InChI is InChI=1S/C17H12O4/c1-11(18)20-14-7-4-6-13(9-14)16-10-12-5-2-3-8-15(12)17(19)21-16/h2-10H,1H3. The molecular weight excluding hydrogens is 268 g/mol. The maximum Gasteiger partial charge on any atom is 0.344 e. The van der Waals surface area contributed by atoms with E-state index in [9.17, 15) is 9.59 Å². The molecule has 0 aliphatic carbocycles. The fourth-order valence-electron chi connectivity index (χ4n) is 2.16. The van der Waals surface area contributed by atoms with E-state index in [1.54, 1.807) is 42.5 Å². The van der Waals surface area contributed by atoms with Gasteiger partial charge in [-0.3, -0.25) is 4.79 Å². The van der Waals surface area contributed by atoms with E-state index < -0.39 is 5.97 Å². The third-order valence-corrected chi connectivity index (χ3v) is 3.05. The van der Waals surface area contributed by atoms with Crippen molar-refractivity contribution in [1.82, 2.24) is 0 Å². The van der Waals surface area contributed by atoms with Crippen LogP contribution >= 0.6 is 0 Å². The van der Waals surface area contributed by atoms with Gasteiger partial charge in [-0.2, -0.15) is 0 Å². The normalized spacial score (nSPS) is 10.5. The van der Waals surface area contributed by atoms with Gasteiger partial charge in [0.05, 0.1) is 5.39 Å². The summed E-state index contributed by atoms with van der Waals surface area (Å²) in [6, 6.07) is 15.9. The molecule has 0 aliphatic heterocycles. The van der Waals surface area contributed by atoms with E-state index in [0.29, 0.717) is 22.5 Å². The minimum atomic E-state index is -0.396. The highest BCUT2D eigenvalue weighted by molar-refractivity contribution is 5.84. The van der Waals surface area contributed by atoms with Crippen LogP contribution < -0.4 is 10.4 Å². The molecule has 2 aromatic carbocycles. The number of rotatable bonds is 2. The van der Waals surface area contributed by atoms with E-state index in [0.717, 1.165) is 5.39 Å². The maximum atomic E-state index is 12.0. The highest BCUT2D eigenvalue weighted by Gasteiger charge is 2.08. The van der Waals surface area contributed by atoms with Gasteiger partial charge in [0.1, 0.15) is 11.5 Å². The van der Waals surface area contributed by atoms with Gasteiger partial charge in [-0.15, -0.1) is 0 Å². The largest absolute Gasteiger partial charge is 0.427 e. The maximum absolute atomic E-state index is 12.0. The first-order chi connectivity index (χ1) is 10.1. The number of fused-ring (bicyclic) bond motifs is 1. The fourth-order valence-corrected chi connectivity index (χ4v) is 2.16. The number of carbonyl (C=O) groups is 1. The third-order valence-electron chi connectivity index (χ3n) is 3.05. The van der Waals surface area contributed by atoms with Gasteiger partial charge < -0.3 is 9.15 Å². The van der Waals surface area contributed by atoms with Crippen molar-refractivity contribution in [2.24, 2.45) is 0 Å². The first-order valence-electron chi connectivity index (χ1n) is 6.45. The Morgan fingerprint density at radius 3 is 2.67 bits per heavy atom. The topological polar surface area (TPSA) is 56.5 Å². The van der Waals surface area contributed by atoms with Crippen LogP contribution in [-0.4, -0.2) is 5.97 Å². The number of hydrogen-bond donors (Lipinski definition) is 0. The van der Waals surface area contributed by atoms with E-state index in [-0.39, 0.29) is 5.63 Å². The van der Waals surface area contributed by atoms with Crippen LogP contribution in [-0.2, 0) is 4.79 Å². The van der Waals surface area contributed by atoms with Gasteiger partial charge in [0.2, 0.25) is 0 Å². The number of carbonyl (C=O) groups excluding carboxylic acids is 1. The summed E-state index contributed by atoms with van der Waals surface area (Å²) in [7, 11) is 0. The highest BCUT2D eigenvalue weighted by atomic mass is 16.5. The summed E-state index contributed by atoms with van der Waals surface area (Å²) in [6.45, 7) is 1.34. The summed E-state index contributed by atoms with van der Waals surface area (Å²) in [4.78, 5) is 23.0. The molecule has 1 aromatic heterocycles. The van der Waals surface area contributed by atoms with E-state index in [1.165, 1.54) is 6.92 Å². The molecule has 0 bridgehead atoms. The summed E-state index contributed by atoms with van der Waals surface area (Å²) < 4.78 is 10.4. The van der Waals surface area contributed by atoms with E-state index >= 15 is 0 Å². The second-order valence-corrected chi connectivity index (χ2v) is 4.61. The van der Waals surface area contributed by atoms with Crippen molar-refractivity contribution in [1.29, 1.82) is 0 Å². The van der Waals surface area contributed by atoms with Crippen LogP contribution in [0.3, 0.4) is 0 Å². The Balaban J connectivity index is 2.12. The van der Waals surface area contributed by atoms with Gasteiger partial charge in [0.15, 0.2) is 0 Å². The molecule has 0 spiro atoms. The van der Waals surface area contributed by atoms with Gasteiger partial charge >= 0.3 is 11.6 Å². The summed E-state index contributed by atoms with van der Waals surface area (Å²) in [5.41, 5.74) is 0.289. The van der Waals surface area contributed by atoms with Crippen LogP contribution in [0.1, 0.15) is 6.92 Å². The molecule has 0 saturated heterocycles. The van der Waals surface area contributed by atoms with Crippen LogP contribution in [0.2, 0.25) is 0 Å². The van der Waals surface area contributed by atoms with Crippen LogP contribution in [0.5, 0.6) is 5.75 Å². The first kappa shape index (κ1) is 13.1. The number of esters is 1. The monoisotopic (exact) mass is 280 g/mol. The predicted octanol–water partition coefficient (Wildman–Crippen LogP) is 3.39. The van der Waals surface area contributed by atoms with Gasteiger partial charge in [0.25, 0.3) is 0 Å². The fraction of sp³-hybridized carbons (Fsp3) is 0.0588. The summed E-state index contributed by atoms with van der Waals surface area (Å²) >= 11 is 0. The molecule has 104 valence electrons. The molecule has 0 atom stereocenters. The number of benzene rings is 2. The molecule has 0 aliphatic rings. The molecule has 0 radical (unpaired) electrons. The van der Waals surface area contributed by atoms with Gasteiger partial charge in [-0.25, -0.2) is 4.79 Å². The average molecular weight is 280 g/mol. The Hall–Kier alpha value is -2.88. The highest BCUT2D eigenvalue weighted by Crippen LogP contribution is 2.25. The van der Waals surface area contributed by atoms with Gasteiger partial charge in [0, 0.05) is 12.5 Å². The molecule has 0 fully saturated rings. The molecule has 3 aromatic rings. The Morgan fingerprint density at radius 2 is 1.86 bits per heavy atom. The SMILES string of the molecule is CC(=O)Oc1cccc(-c2cc3ccccc3c(=O)o2)c1. The third kappa shape index (κ3) is 2.69. The van der Waals surface area contributed by atoms with Crippen molar-refractivity contribution in [3.63, 3.8) is 0 Å². The van der Waals surface area contributed by atoms with Crippen LogP contribution in [0.15, 0.2) is 63.8 Å². The van der Waals surface area contributed by atoms with Crippen molar-refractivity contribution < 1.29 is 13.9 Å². The van der Waals surface area contributed by atoms with Crippen molar-refractivity contribution in [2.45, 2.75) is 6.92 Å². The Bertz CT molecular complexity index is 877. The van der Waals surface area contributed by atoms with Crippen LogP contribution in [0.25, 0.3) is 22.1 Å². The Morgan fingerprint density at radius 1 is 1.05 bits per heavy atom. The lowest BCUT2D eigenvalue weighted by molar-refractivity contribution is -0.131. The quantitative estimate of drug-likeness (QED) is 0.533.